The van der Waals surface area contributed by atoms with Crippen LogP contribution in [0.2, 0.25) is 0 Å². The zero-order chi connectivity index (χ0) is 13.4. The van der Waals surface area contributed by atoms with Gasteiger partial charge in [0.25, 0.3) is 0 Å². The highest BCUT2D eigenvalue weighted by Gasteiger charge is 2.11. The molecule has 1 rings (SSSR count). The zero-order valence-corrected chi connectivity index (χ0v) is 11.5. The lowest BCUT2D eigenvalue weighted by atomic mass is 10.5. The lowest BCUT2D eigenvalue weighted by molar-refractivity contribution is 0.198. The van der Waals surface area contributed by atoms with Crippen molar-refractivity contribution in [1.29, 1.82) is 0 Å². The van der Waals surface area contributed by atoms with E-state index in [0.29, 0.717) is 25.5 Å². The van der Waals surface area contributed by atoms with Crippen molar-refractivity contribution >= 4 is 9.84 Å². The highest BCUT2D eigenvalue weighted by atomic mass is 32.2. The maximum atomic E-state index is 11.4. The lowest BCUT2D eigenvalue weighted by Gasteiger charge is -2.05. The summed E-state index contributed by atoms with van der Waals surface area (Å²) in [7, 11) is -1.37. The molecule has 0 aliphatic carbocycles. The molecule has 0 saturated heterocycles. The predicted octanol–water partition coefficient (Wildman–Crippen LogP) is -1.16. The highest BCUT2D eigenvalue weighted by Crippen LogP contribution is 1.96. The second kappa shape index (κ2) is 7.39. The number of nitrogens with one attached hydrogen (secondary N) is 1. The van der Waals surface area contributed by atoms with Crippen molar-refractivity contribution in [2.75, 3.05) is 31.8 Å². The standard InChI is InChI=1S/C9H19N5O3S/c1-3-18(15,16)7-5-14-9(11-12-13-14)8-10-4-6-17-2/h10H,3-8H2,1-2H3. The molecule has 0 atom stereocenters. The number of aromatic nitrogens is 4. The second-order valence-electron chi connectivity index (χ2n) is 3.72. The molecule has 0 fully saturated rings. The number of nitrogens with zero attached hydrogens (tertiary/aromatic N) is 4. The van der Waals surface area contributed by atoms with Crippen LogP contribution >= 0.6 is 0 Å². The van der Waals surface area contributed by atoms with Gasteiger partial charge in [0, 0.05) is 19.4 Å². The first-order chi connectivity index (χ1) is 8.59. The summed E-state index contributed by atoms with van der Waals surface area (Å²) in [5, 5.41) is 14.3. The molecule has 18 heavy (non-hydrogen) atoms. The number of ether oxygens (including phenoxy) is 1. The van der Waals surface area contributed by atoms with Gasteiger partial charge in [-0.15, -0.1) is 5.10 Å². The van der Waals surface area contributed by atoms with Gasteiger partial charge in [-0.3, -0.25) is 0 Å². The Bertz CT molecular complexity index is 445. The van der Waals surface area contributed by atoms with Gasteiger partial charge in [0.15, 0.2) is 15.7 Å². The van der Waals surface area contributed by atoms with E-state index < -0.39 is 9.84 Å². The number of methoxy groups -OCH3 is 1. The molecule has 1 N–H and O–H groups in total. The molecule has 0 saturated carbocycles. The van der Waals surface area contributed by atoms with Crippen molar-refractivity contribution in [2.45, 2.75) is 20.0 Å². The molecular weight excluding hydrogens is 258 g/mol. The maximum Gasteiger partial charge on any atom is 0.165 e. The summed E-state index contributed by atoms with van der Waals surface area (Å²) in [4.78, 5) is 0. The van der Waals surface area contributed by atoms with Crippen LogP contribution in [0.1, 0.15) is 12.7 Å². The van der Waals surface area contributed by atoms with Crippen LogP contribution in [0.5, 0.6) is 0 Å². The van der Waals surface area contributed by atoms with Crippen LogP contribution in [0.4, 0.5) is 0 Å². The average Bonchev–Trinajstić information content (AvgIpc) is 2.80. The van der Waals surface area contributed by atoms with Crippen molar-refractivity contribution in [1.82, 2.24) is 25.5 Å². The quantitative estimate of drug-likeness (QED) is 0.569. The van der Waals surface area contributed by atoms with Gasteiger partial charge in [-0.25, -0.2) is 13.1 Å². The molecule has 1 heterocycles. The molecule has 8 nitrogen and oxygen atoms in total. The SMILES string of the molecule is CCS(=O)(=O)CCn1nnnc1CNCCOC. The molecule has 0 unspecified atom stereocenters. The van der Waals surface area contributed by atoms with E-state index in [-0.39, 0.29) is 18.1 Å². The van der Waals surface area contributed by atoms with Crippen LogP contribution in [0.25, 0.3) is 0 Å². The van der Waals surface area contributed by atoms with Gasteiger partial charge in [-0.1, -0.05) is 6.92 Å². The maximum absolute atomic E-state index is 11.4. The zero-order valence-electron chi connectivity index (χ0n) is 10.7. The number of aryl methyl sites for hydroxylation is 1. The average molecular weight is 277 g/mol. The topological polar surface area (TPSA) is 99.0 Å². The molecule has 0 aliphatic heterocycles. The Morgan fingerprint density at radius 3 is 2.89 bits per heavy atom. The smallest absolute Gasteiger partial charge is 0.165 e. The van der Waals surface area contributed by atoms with E-state index in [2.05, 4.69) is 20.8 Å². The summed E-state index contributed by atoms with van der Waals surface area (Å²) in [6, 6.07) is 0. The summed E-state index contributed by atoms with van der Waals surface area (Å²) >= 11 is 0. The fourth-order valence-electron chi connectivity index (χ4n) is 1.27. The number of hydrogen-bond donors (Lipinski definition) is 1. The summed E-state index contributed by atoms with van der Waals surface area (Å²) in [5.74, 6) is 0.813. The van der Waals surface area contributed by atoms with E-state index in [1.165, 1.54) is 4.68 Å². The number of hydrogen-bond acceptors (Lipinski definition) is 7. The van der Waals surface area contributed by atoms with E-state index in [4.69, 9.17) is 4.74 Å². The van der Waals surface area contributed by atoms with Crippen LogP contribution < -0.4 is 5.32 Å². The first-order valence-corrected chi connectivity index (χ1v) is 7.56. The third kappa shape index (κ3) is 5.07. The van der Waals surface area contributed by atoms with Gasteiger partial charge < -0.3 is 10.1 Å². The summed E-state index contributed by atoms with van der Waals surface area (Å²) < 4.78 is 29.2. The molecule has 0 radical (unpaired) electrons. The number of tetrazole rings is 1. The van der Waals surface area contributed by atoms with E-state index in [9.17, 15) is 8.42 Å². The van der Waals surface area contributed by atoms with Gasteiger partial charge in [0.1, 0.15) is 0 Å². The fourth-order valence-corrected chi connectivity index (χ4v) is 2.01. The Labute approximate surface area is 107 Å². The van der Waals surface area contributed by atoms with Crippen molar-refractivity contribution in [2.24, 2.45) is 0 Å². The van der Waals surface area contributed by atoms with E-state index in [1.54, 1.807) is 14.0 Å². The van der Waals surface area contributed by atoms with Crippen molar-refractivity contribution in [3.63, 3.8) is 0 Å². The van der Waals surface area contributed by atoms with Crippen LogP contribution in [0.15, 0.2) is 0 Å². The molecule has 0 amide bonds. The first kappa shape index (κ1) is 15.0. The van der Waals surface area contributed by atoms with Gasteiger partial charge in [-0.2, -0.15) is 0 Å². The minimum Gasteiger partial charge on any atom is -0.383 e. The minimum atomic E-state index is -3.00. The van der Waals surface area contributed by atoms with E-state index in [1.807, 2.05) is 0 Å². The second-order valence-corrected chi connectivity index (χ2v) is 6.20. The van der Waals surface area contributed by atoms with Crippen molar-refractivity contribution in [3.8, 4) is 0 Å². The lowest BCUT2D eigenvalue weighted by Crippen LogP contribution is -2.23. The van der Waals surface area contributed by atoms with Gasteiger partial charge in [0.2, 0.25) is 0 Å². The fraction of sp³-hybridized carbons (Fsp3) is 0.889. The van der Waals surface area contributed by atoms with Gasteiger partial charge in [-0.05, 0) is 10.4 Å². The normalized spacial score (nSPS) is 11.9. The molecule has 104 valence electrons. The third-order valence-electron chi connectivity index (χ3n) is 2.43. The van der Waals surface area contributed by atoms with Gasteiger partial charge in [0.05, 0.1) is 25.4 Å². The Morgan fingerprint density at radius 1 is 1.44 bits per heavy atom. The first-order valence-electron chi connectivity index (χ1n) is 5.74. The molecule has 0 aliphatic rings. The van der Waals surface area contributed by atoms with Gasteiger partial charge >= 0.3 is 0 Å². The number of sulfone groups is 1. The molecule has 0 bridgehead atoms. The molecular formula is C9H19N5O3S. The Balaban J connectivity index is 2.45. The predicted molar refractivity (Wildman–Crippen MR) is 65.7 cm³/mol. The molecule has 9 heteroatoms. The monoisotopic (exact) mass is 277 g/mol. The van der Waals surface area contributed by atoms with Crippen LogP contribution in [0, 0.1) is 0 Å². The third-order valence-corrected chi connectivity index (χ3v) is 4.11. The molecule has 0 aromatic carbocycles. The molecule has 0 spiro atoms. The summed E-state index contributed by atoms with van der Waals surface area (Å²) in [5.41, 5.74) is 0. The van der Waals surface area contributed by atoms with Crippen molar-refractivity contribution in [3.05, 3.63) is 5.82 Å². The Kier molecular flexibility index (Phi) is 6.16. The van der Waals surface area contributed by atoms with E-state index in [0.717, 1.165) is 0 Å². The van der Waals surface area contributed by atoms with E-state index >= 15 is 0 Å². The van der Waals surface area contributed by atoms with Crippen LogP contribution in [0.3, 0.4) is 0 Å². The molecule has 1 aromatic rings. The number of rotatable bonds is 9. The largest absolute Gasteiger partial charge is 0.383 e. The Morgan fingerprint density at radius 2 is 2.22 bits per heavy atom. The minimum absolute atomic E-state index is 0.0552. The highest BCUT2D eigenvalue weighted by molar-refractivity contribution is 7.91. The van der Waals surface area contributed by atoms with Crippen LogP contribution in [-0.2, 0) is 27.7 Å². The summed E-state index contributed by atoms with van der Waals surface area (Å²) in [6.45, 7) is 3.69. The Hall–Kier alpha value is -1.06. The van der Waals surface area contributed by atoms with Crippen LogP contribution in [-0.4, -0.2) is 60.4 Å². The molecule has 1 aromatic heterocycles. The summed E-state index contributed by atoms with van der Waals surface area (Å²) in [6.07, 6.45) is 0. The van der Waals surface area contributed by atoms with Crippen molar-refractivity contribution < 1.29 is 13.2 Å².